The summed E-state index contributed by atoms with van der Waals surface area (Å²) in [5.41, 5.74) is 1.19. The van der Waals surface area contributed by atoms with Crippen LogP contribution < -0.4 is 29.0 Å². The van der Waals surface area contributed by atoms with E-state index >= 15 is 0 Å². The normalized spacial score (nSPS) is 23.2. The van der Waals surface area contributed by atoms with Gasteiger partial charge in [0.2, 0.25) is 5.91 Å². The van der Waals surface area contributed by atoms with Crippen LogP contribution in [0.15, 0.2) is 54.6 Å². The van der Waals surface area contributed by atoms with E-state index in [9.17, 15) is 18.4 Å². The molecule has 3 aliphatic rings. The maximum Gasteiger partial charge on any atom is 0.586 e. The SMILES string of the molecule is COC(=O)c1ccc([C@H]2C[C@@H](NC(=O)C3(C)COc4cc5c(cc43)OC(F)(F)O5)c3ccc(OC)cc3O2)cc1. The molecule has 3 aliphatic heterocycles. The molecular formula is C29H25F2NO8. The topological polar surface area (TPSA) is 102 Å². The zero-order valence-corrected chi connectivity index (χ0v) is 21.8. The second kappa shape index (κ2) is 9.29. The van der Waals surface area contributed by atoms with Gasteiger partial charge in [0.05, 0.1) is 25.8 Å². The number of ether oxygens (including phenoxy) is 6. The first kappa shape index (κ1) is 25.7. The third kappa shape index (κ3) is 4.31. The number of hydrogen-bond acceptors (Lipinski definition) is 8. The summed E-state index contributed by atoms with van der Waals surface area (Å²) in [4.78, 5) is 25.7. The largest absolute Gasteiger partial charge is 0.586 e. The van der Waals surface area contributed by atoms with Gasteiger partial charge in [0.15, 0.2) is 11.5 Å². The van der Waals surface area contributed by atoms with E-state index in [2.05, 4.69) is 14.8 Å². The van der Waals surface area contributed by atoms with E-state index in [-0.39, 0.29) is 29.8 Å². The molecule has 3 heterocycles. The smallest absolute Gasteiger partial charge is 0.497 e. The molecule has 0 saturated heterocycles. The Morgan fingerprint density at radius 2 is 1.68 bits per heavy atom. The molecule has 0 aliphatic carbocycles. The van der Waals surface area contributed by atoms with Crippen LogP contribution in [0.1, 0.15) is 52.5 Å². The summed E-state index contributed by atoms with van der Waals surface area (Å²) in [6.45, 7) is 1.69. The molecule has 0 saturated carbocycles. The van der Waals surface area contributed by atoms with Crippen LogP contribution in [0.3, 0.4) is 0 Å². The number of rotatable bonds is 5. The molecule has 3 aromatic rings. The number of carbonyl (C=O) groups is 2. The Balaban J connectivity index is 1.29. The van der Waals surface area contributed by atoms with Gasteiger partial charge in [-0.05, 0) is 42.8 Å². The molecule has 3 aromatic carbocycles. The Morgan fingerprint density at radius 3 is 2.38 bits per heavy atom. The van der Waals surface area contributed by atoms with Crippen LogP contribution in [0.25, 0.3) is 0 Å². The number of methoxy groups -OCH3 is 2. The first-order valence-corrected chi connectivity index (χ1v) is 12.5. The minimum absolute atomic E-state index is 0.00453. The van der Waals surface area contributed by atoms with Gasteiger partial charge >= 0.3 is 12.3 Å². The molecule has 0 radical (unpaired) electrons. The minimum atomic E-state index is -3.78. The van der Waals surface area contributed by atoms with E-state index in [1.54, 1.807) is 50.4 Å². The summed E-state index contributed by atoms with van der Waals surface area (Å²) in [6, 6.07) is 14.4. The number of fused-ring (bicyclic) bond motifs is 3. The molecule has 0 fully saturated rings. The second-order valence-electron chi connectivity index (χ2n) is 9.97. The van der Waals surface area contributed by atoms with Crippen LogP contribution in [0.5, 0.6) is 28.7 Å². The summed E-state index contributed by atoms with van der Waals surface area (Å²) in [5, 5.41) is 3.12. The Labute approximate surface area is 227 Å². The lowest BCUT2D eigenvalue weighted by atomic mass is 9.82. The van der Waals surface area contributed by atoms with E-state index in [0.717, 1.165) is 11.1 Å². The number of alkyl halides is 2. The minimum Gasteiger partial charge on any atom is -0.497 e. The van der Waals surface area contributed by atoms with Gasteiger partial charge in [0.25, 0.3) is 0 Å². The zero-order valence-electron chi connectivity index (χ0n) is 21.8. The molecule has 3 atom stereocenters. The number of carbonyl (C=O) groups excluding carboxylic acids is 2. The molecule has 0 bridgehead atoms. The lowest BCUT2D eigenvalue weighted by Crippen LogP contribution is -2.46. The van der Waals surface area contributed by atoms with Crippen molar-refractivity contribution in [1.29, 1.82) is 0 Å². The zero-order chi connectivity index (χ0) is 28.2. The second-order valence-corrected chi connectivity index (χ2v) is 9.97. The lowest BCUT2D eigenvalue weighted by molar-refractivity contribution is -0.286. The van der Waals surface area contributed by atoms with Crippen LogP contribution in [-0.2, 0) is 14.9 Å². The Bertz CT molecular complexity index is 1510. The molecule has 1 amide bonds. The van der Waals surface area contributed by atoms with Gasteiger partial charge < -0.3 is 33.7 Å². The van der Waals surface area contributed by atoms with Gasteiger partial charge in [-0.2, -0.15) is 0 Å². The number of hydrogen-bond donors (Lipinski definition) is 1. The van der Waals surface area contributed by atoms with Crippen molar-refractivity contribution in [2.45, 2.75) is 37.2 Å². The molecule has 0 spiro atoms. The summed E-state index contributed by atoms with van der Waals surface area (Å²) in [6.07, 6.45) is -3.85. The predicted octanol–water partition coefficient (Wildman–Crippen LogP) is 4.83. The van der Waals surface area contributed by atoms with Crippen molar-refractivity contribution in [2.24, 2.45) is 0 Å². The highest BCUT2D eigenvalue weighted by Crippen LogP contribution is 2.50. The number of halogens is 2. The van der Waals surface area contributed by atoms with E-state index in [0.29, 0.717) is 29.0 Å². The van der Waals surface area contributed by atoms with Crippen LogP contribution in [0, 0.1) is 0 Å². The van der Waals surface area contributed by atoms with Crippen molar-refractivity contribution in [2.75, 3.05) is 20.8 Å². The summed E-state index contributed by atoms with van der Waals surface area (Å²) >= 11 is 0. The van der Waals surface area contributed by atoms with Gasteiger partial charge in [-0.1, -0.05) is 12.1 Å². The van der Waals surface area contributed by atoms with E-state index < -0.39 is 29.8 Å². The van der Waals surface area contributed by atoms with Crippen molar-refractivity contribution in [1.82, 2.24) is 5.32 Å². The highest BCUT2D eigenvalue weighted by atomic mass is 19.3. The summed E-state index contributed by atoms with van der Waals surface area (Å²) in [7, 11) is 2.86. The van der Waals surface area contributed by atoms with Crippen LogP contribution >= 0.6 is 0 Å². The third-order valence-corrected chi connectivity index (χ3v) is 7.44. The number of nitrogens with one attached hydrogen (secondary N) is 1. The first-order chi connectivity index (χ1) is 19.1. The van der Waals surface area contributed by atoms with E-state index in [1.807, 2.05) is 6.07 Å². The van der Waals surface area contributed by atoms with Crippen molar-refractivity contribution >= 4 is 11.9 Å². The molecule has 1 N–H and O–H groups in total. The first-order valence-electron chi connectivity index (χ1n) is 12.5. The van der Waals surface area contributed by atoms with Crippen molar-refractivity contribution in [3.8, 4) is 28.7 Å². The molecule has 9 nitrogen and oxygen atoms in total. The maximum absolute atomic E-state index is 13.8. The monoisotopic (exact) mass is 553 g/mol. The lowest BCUT2D eigenvalue weighted by Gasteiger charge is -2.35. The predicted molar refractivity (Wildman–Crippen MR) is 135 cm³/mol. The van der Waals surface area contributed by atoms with Crippen LogP contribution in [-0.4, -0.2) is 39.0 Å². The average Bonchev–Trinajstić information content (AvgIpc) is 3.45. The molecular weight excluding hydrogens is 528 g/mol. The fourth-order valence-corrected chi connectivity index (χ4v) is 5.20. The summed E-state index contributed by atoms with van der Waals surface area (Å²) in [5.74, 6) is 0.285. The standard InChI is InChI=1S/C29H25F2NO8/c1-28(14-37-23-13-25-24(11-19(23)28)39-29(30,31)40-25)27(34)32-20-12-21(15-4-6-16(7-5-15)26(33)36-3)38-22-10-17(35-2)8-9-18(20)22/h4-11,13,20-21H,12,14H2,1-3H3,(H,32,34)/t20-,21-,28?/m1/s1. The fraction of sp³-hybridized carbons (Fsp3) is 0.310. The Kier molecular flexibility index (Phi) is 5.97. The van der Waals surface area contributed by atoms with E-state index in [1.165, 1.54) is 19.2 Å². The highest BCUT2D eigenvalue weighted by Gasteiger charge is 2.49. The van der Waals surface area contributed by atoms with Gasteiger partial charge in [0, 0.05) is 29.7 Å². The van der Waals surface area contributed by atoms with E-state index in [4.69, 9.17) is 18.9 Å². The van der Waals surface area contributed by atoms with Crippen molar-refractivity contribution in [3.63, 3.8) is 0 Å². The molecule has 11 heteroatoms. The van der Waals surface area contributed by atoms with Crippen molar-refractivity contribution in [3.05, 3.63) is 76.9 Å². The van der Waals surface area contributed by atoms with Gasteiger partial charge in [0.1, 0.15) is 35.4 Å². The maximum atomic E-state index is 13.8. The third-order valence-electron chi connectivity index (χ3n) is 7.44. The molecule has 0 aromatic heterocycles. The molecule has 40 heavy (non-hydrogen) atoms. The fourth-order valence-electron chi connectivity index (χ4n) is 5.20. The highest BCUT2D eigenvalue weighted by molar-refractivity contribution is 5.91. The molecule has 6 rings (SSSR count). The Morgan fingerprint density at radius 1 is 0.950 bits per heavy atom. The van der Waals surface area contributed by atoms with Crippen molar-refractivity contribution < 1.29 is 46.8 Å². The molecule has 1 unspecified atom stereocenters. The Hall–Kier alpha value is -4.54. The number of benzene rings is 3. The quantitative estimate of drug-likeness (QED) is 0.449. The summed E-state index contributed by atoms with van der Waals surface area (Å²) < 4.78 is 58.6. The average molecular weight is 554 g/mol. The van der Waals surface area contributed by atoms with Crippen LogP contribution in [0.4, 0.5) is 8.78 Å². The van der Waals surface area contributed by atoms with Gasteiger partial charge in [-0.25, -0.2) is 4.79 Å². The van der Waals surface area contributed by atoms with Crippen LogP contribution in [0.2, 0.25) is 0 Å². The van der Waals surface area contributed by atoms with Gasteiger partial charge in [-0.3, -0.25) is 4.79 Å². The molecule has 208 valence electrons. The number of esters is 1. The number of amides is 1. The van der Waals surface area contributed by atoms with Gasteiger partial charge in [-0.15, -0.1) is 8.78 Å².